The van der Waals surface area contributed by atoms with E-state index in [9.17, 15) is 5.11 Å². The van der Waals surface area contributed by atoms with Gasteiger partial charge in [-0.2, -0.15) is 0 Å². The van der Waals surface area contributed by atoms with Crippen LogP contribution in [0, 0.1) is 23.2 Å². The predicted octanol–water partition coefficient (Wildman–Crippen LogP) is 6.55. The summed E-state index contributed by atoms with van der Waals surface area (Å²) in [4.78, 5) is 0. The molecular formula is C25H48O3Si. The van der Waals surface area contributed by atoms with E-state index in [1.54, 1.807) is 0 Å². The molecule has 6 atom stereocenters. The maximum Gasteiger partial charge on any atom is 0.192 e. The summed E-state index contributed by atoms with van der Waals surface area (Å²) in [5.74, 6) is 1.76. The largest absolute Gasteiger partial charge is 0.414 e. The maximum atomic E-state index is 10.3. The molecule has 1 saturated heterocycles. The van der Waals surface area contributed by atoms with Crippen LogP contribution in [0.15, 0.2) is 0 Å². The van der Waals surface area contributed by atoms with Crippen molar-refractivity contribution in [3.8, 4) is 0 Å². The van der Waals surface area contributed by atoms with Crippen molar-refractivity contribution in [2.45, 2.75) is 129 Å². The fourth-order valence-corrected chi connectivity index (χ4v) is 8.29. The molecule has 0 aromatic rings. The summed E-state index contributed by atoms with van der Waals surface area (Å²) in [6.07, 6.45) is 8.75. The van der Waals surface area contributed by atoms with Crippen molar-refractivity contribution in [3.63, 3.8) is 0 Å². The zero-order chi connectivity index (χ0) is 21.9. The summed E-state index contributed by atoms with van der Waals surface area (Å²) >= 11 is 0. The zero-order valence-corrected chi connectivity index (χ0v) is 21.7. The molecule has 1 aliphatic heterocycles. The Morgan fingerprint density at radius 2 is 1.72 bits per heavy atom. The third-order valence-electron chi connectivity index (χ3n) is 9.18. The molecule has 170 valence electrons. The summed E-state index contributed by atoms with van der Waals surface area (Å²) in [5.41, 5.74) is -0.323. The quantitative estimate of drug-likeness (QED) is 0.509. The van der Waals surface area contributed by atoms with Crippen molar-refractivity contribution in [3.05, 3.63) is 0 Å². The van der Waals surface area contributed by atoms with Gasteiger partial charge in [0, 0.05) is 6.10 Å². The van der Waals surface area contributed by atoms with Crippen LogP contribution in [0.5, 0.6) is 0 Å². The van der Waals surface area contributed by atoms with Gasteiger partial charge in [0.25, 0.3) is 0 Å². The van der Waals surface area contributed by atoms with E-state index in [0.29, 0.717) is 29.3 Å². The molecule has 4 heteroatoms. The Hall–Kier alpha value is 0.0969. The molecule has 1 N–H and O–H groups in total. The van der Waals surface area contributed by atoms with Crippen molar-refractivity contribution in [1.82, 2.24) is 0 Å². The molecule has 0 aromatic heterocycles. The zero-order valence-electron chi connectivity index (χ0n) is 20.7. The first-order chi connectivity index (χ1) is 13.1. The lowest BCUT2D eigenvalue weighted by Gasteiger charge is -2.51. The molecule has 3 aliphatic rings. The lowest BCUT2D eigenvalue weighted by Crippen LogP contribution is -2.52. The van der Waals surface area contributed by atoms with E-state index in [4.69, 9.17) is 9.16 Å². The van der Waals surface area contributed by atoms with Crippen molar-refractivity contribution in [2.75, 3.05) is 6.61 Å². The van der Waals surface area contributed by atoms with E-state index in [0.717, 1.165) is 19.4 Å². The summed E-state index contributed by atoms with van der Waals surface area (Å²) < 4.78 is 13.6. The molecule has 0 aromatic carbocycles. The fraction of sp³-hybridized carbons (Fsp3) is 1.00. The highest BCUT2D eigenvalue weighted by molar-refractivity contribution is 6.74. The highest BCUT2D eigenvalue weighted by Gasteiger charge is 2.59. The van der Waals surface area contributed by atoms with E-state index >= 15 is 0 Å². The summed E-state index contributed by atoms with van der Waals surface area (Å²) in [6, 6.07) is 0. The number of rotatable bonds is 5. The van der Waals surface area contributed by atoms with Gasteiger partial charge in [0.2, 0.25) is 0 Å². The second-order valence-electron chi connectivity index (χ2n) is 13.3. The molecule has 0 bridgehead atoms. The maximum absolute atomic E-state index is 10.3. The Bertz CT molecular complexity index is 590. The molecule has 3 rings (SSSR count). The molecule has 0 spiro atoms. The average Bonchev–Trinajstić information content (AvgIpc) is 3.06. The smallest absolute Gasteiger partial charge is 0.192 e. The lowest BCUT2D eigenvalue weighted by atomic mass is 9.60. The Labute approximate surface area is 181 Å². The highest BCUT2D eigenvalue weighted by atomic mass is 28.4. The van der Waals surface area contributed by atoms with E-state index in [1.807, 2.05) is 13.8 Å². The topological polar surface area (TPSA) is 38.7 Å². The number of aliphatic hydroxyl groups is 1. The van der Waals surface area contributed by atoms with Crippen molar-refractivity contribution in [1.29, 1.82) is 0 Å². The molecule has 3 nitrogen and oxygen atoms in total. The third kappa shape index (κ3) is 4.66. The number of ether oxygens (including phenoxy) is 1. The number of hydrogen-bond donors (Lipinski definition) is 1. The SMILES string of the molecule is CC(C)(O)C[C@@H]1CO[C@](C)([C@H]2CCC3C(O[Si](C)(C)C(C)(C)C)CCC[C@@]32C)C1. The van der Waals surface area contributed by atoms with E-state index in [1.165, 1.54) is 32.1 Å². The minimum atomic E-state index is -1.75. The Morgan fingerprint density at radius 3 is 2.31 bits per heavy atom. The molecule has 2 unspecified atom stereocenters. The van der Waals surface area contributed by atoms with Gasteiger partial charge < -0.3 is 14.3 Å². The average molecular weight is 425 g/mol. The van der Waals surface area contributed by atoms with Crippen LogP contribution in [0.2, 0.25) is 18.1 Å². The van der Waals surface area contributed by atoms with E-state index in [-0.39, 0.29) is 10.6 Å². The third-order valence-corrected chi connectivity index (χ3v) is 13.7. The van der Waals surface area contributed by atoms with Gasteiger partial charge >= 0.3 is 0 Å². The highest BCUT2D eigenvalue weighted by Crippen LogP contribution is 2.62. The number of fused-ring (bicyclic) bond motifs is 1. The molecule has 2 saturated carbocycles. The van der Waals surface area contributed by atoms with Gasteiger partial charge in [0.15, 0.2) is 8.32 Å². The van der Waals surface area contributed by atoms with Crippen LogP contribution in [0.4, 0.5) is 0 Å². The molecule has 29 heavy (non-hydrogen) atoms. The van der Waals surface area contributed by atoms with Crippen LogP contribution >= 0.6 is 0 Å². The molecule has 0 amide bonds. The van der Waals surface area contributed by atoms with Gasteiger partial charge in [-0.25, -0.2) is 0 Å². The molecule has 2 aliphatic carbocycles. The van der Waals surface area contributed by atoms with Crippen molar-refractivity contribution in [2.24, 2.45) is 23.2 Å². The standard InChI is InChI=1S/C25H48O3Si/c1-22(2,3)29(8,9)28-20-11-10-14-24(6)19(20)12-13-21(24)25(7)16-18(17-27-25)15-23(4,5)26/h18-21,26H,10-17H2,1-9H3/t18-,19?,20?,21-,24-,25-/m0/s1. The van der Waals surface area contributed by atoms with Crippen LogP contribution in [-0.2, 0) is 9.16 Å². The van der Waals surface area contributed by atoms with Gasteiger partial charge in [0.05, 0.1) is 17.8 Å². The lowest BCUT2D eigenvalue weighted by molar-refractivity contribution is -0.0972. The van der Waals surface area contributed by atoms with Gasteiger partial charge in [-0.1, -0.05) is 34.1 Å². The van der Waals surface area contributed by atoms with Crippen molar-refractivity contribution >= 4 is 8.32 Å². The van der Waals surface area contributed by atoms with Crippen LogP contribution in [0.1, 0.15) is 93.4 Å². The summed E-state index contributed by atoms with van der Waals surface area (Å²) in [7, 11) is -1.75. The first kappa shape index (κ1) is 23.8. The second-order valence-corrected chi connectivity index (χ2v) is 18.0. The molecule has 1 heterocycles. The van der Waals surface area contributed by atoms with Gasteiger partial charge in [-0.05, 0) is 101 Å². The Morgan fingerprint density at radius 1 is 1.07 bits per heavy atom. The van der Waals surface area contributed by atoms with Crippen LogP contribution < -0.4 is 0 Å². The van der Waals surface area contributed by atoms with Crippen molar-refractivity contribution < 1.29 is 14.3 Å². The number of hydrogen-bond acceptors (Lipinski definition) is 3. The van der Waals surface area contributed by atoms with Gasteiger partial charge in [0.1, 0.15) is 0 Å². The normalized spacial score (nSPS) is 41.6. The minimum absolute atomic E-state index is 0.0434. The van der Waals surface area contributed by atoms with E-state index < -0.39 is 13.9 Å². The molecule has 0 radical (unpaired) electrons. The Balaban J connectivity index is 1.75. The van der Waals surface area contributed by atoms with Gasteiger partial charge in [-0.3, -0.25) is 0 Å². The van der Waals surface area contributed by atoms with Crippen LogP contribution in [0.3, 0.4) is 0 Å². The summed E-state index contributed by atoms with van der Waals surface area (Å²) in [6.45, 7) is 21.5. The molecular weight excluding hydrogens is 376 g/mol. The first-order valence-electron chi connectivity index (χ1n) is 12.1. The second kappa shape index (κ2) is 7.60. The van der Waals surface area contributed by atoms with Crippen LogP contribution in [0.25, 0.3) is 0 Å². The first-order valence-corrected chi connectivity index (χ1v) is 15.0. The minimum Gasteiger partial charge on any atom is -0.414 e. The van der Waals surface area contributed by atoms with Gasteiger partial charge in [-0.15, -0.1) is 0 Å². The Kier molecular flexibility index (Phi) is 6.23. The van der Waals surface area contributed by atoms with E-state index in [2.05, 4.69) is 47.7 Å². The monoisotopic (exact) mass is 424 g/mol. The fourth-order valence-electron chi connectivity index (χ4n) is 6.90. The predicted molar refractivity (Wildman–Crippen MR) is 124 cm³/mol. The summed E-state index contributed by atoms with van der Waals surface area (Å²) in [5, 5.41) is 10.6. The molecule has 3 fully saturated rings. The van der Waals surface area contributed by atoms with Crippen LogP contribution in [-0.4, -0.2) is 37.3 Å².